The highest BCUT2D eigenvalue weighted by Crippen LogP contribution is 2.27. The van der Waals surface area contributed by atoms with Crippen LogP contribution in [0.2, 0.25) is 0 Å². The summed E-state index contributed by atoms with van der Waals surface area (Å²) in [6, 6.07) is 10.6. The summed E-state index contributed by atoms with van der Waals surface area (Å²) in [5.74, 6) is 0. The van der Waals surface area contributed by atoms with Gasteiger partial charge in [-0.1, -0.05) is 12.1 Å². The second-order valence-electron chi connectivity index (χ2n) is 4.30. The average Bonchev–Trinajstić information content (AvgIpc) is 2.47. The van der Waals surface area contributed by atoms with E-state index in [0.29, 0.717) is 16.0 Å². The number of benzene rings is 2. The Morgan fingerprint density at radius 1 is 1.19 bits per heavy atom. The molecule has 0 N–H and O–H groups in total. The predicted molar refractivity (Wildman–Crippen MR) is 79.9 cm³/mol. The lowest BCUT2D eigenvalue weighted by molar-refractivity contribution is -0.384. The number of hydrogen-bond acceptors (Lipinski definition) is 5. The molecule has 0 amide bonds. The number of hydrogen-bond donors (Lipinski definition) is 0. The van der Waals surface area contributed by atoms with Crippen LogP contribution in [0, 0.1) is 17.0 Å². The molecule has 21 heavy (non-hydrogen) atoms. The maximum atomic E-state index is 12.2. The van der Waals surface area contributed by atoms with Crippen molar-refractivity contribution in [1.82, 2.24) is 0 Å². The molecule has 106 valence electrons. The minimum Gasteiger partial charge on any atom is -0.298 e. The highest BCUT2D eigenvalue weighted by atomic mass is 32.2. The molecule has 0 aliphatic rings. The van der Waals surface area contributed by atoms with Crippen LogP contribution in [0.5, 0.6) is 0 Å². The van der Waals surface area contributed by atoms with Gasteiger partial charge in [0.05, 0.1) is 4.92 Å². The lowest BCUT2D eigenvalue weighted by Crippen LogP contribution is -1.97. The van der Waals surface area contributed by atoms with Crippen LogP contribution in [0.25, 0.3) is 0 Å². The number of non-ortho nitro benzene ring substituents is 1. The van der Waals surface area contributed by atoms with Gasteiger partial charge in [-0.3, -0.25) is 19.7 Å². The molecule has 0 unspecified atom stereocenters. The lowest BCUT2D eigenvalue weighted by atomic mass is 10.1. The first-order valence-corrected chi connectivity index (χ1v) is 6.86. The van der Waals surface area contributed by atoms with Crippen molar-refractivity contribution < 1.29 is 14.5 Å². The topological polar surface area (TPSA) is 77.3 Å². The summed E-state index contributed by atoms with van der Waals surface area (Å²) in [7, 11) is 0. The smallest absolute Gasteiger partial charge is 0.269 e. The predicted octanol–water partition coefficient (Wildman–Crippen LogP) is 3.65. The zero-order chi connectivity index (χ0) is 15.4. The van der Waals surface area contributed by atoms with Crippen LogP contribution in [0.3, 0.4) is 0 Å². The number of carbonyl (C=O) groups excluding carboxylic acids is 2. The number of rotatable bonds is 4. The molecule has 0 aliphatic carbocycles. The monoisotopic (exact) mass is 301 g/mol. The number of aldehydes is 1. The van der Waals surface area contributed by atoms with Crippen LogP contribution in [0.15, 0.2) is 47.4 Å². The Hall–Kier alpha value is -2.47. The molecule has 0 spiro atoms. The first-order valence-electron chi connectivity index (χ1n) is 6.04. The number of nitrogens with zero attached hydrogens (tertiary/aromatic N) is 1. The van der Waals surface area contributed by atoms with E-state index >= 15 is 0 Å². The fourth-order valence-corrected chi connectivity index (χ4v) is 2.69. The van der Waals surface area contributed by atoms with Crippen LogP contribution in [0.4, 0.5) is 5.69 Å². The van der Waals surface area contributed by atoms with Gasteiger partial charge in [-0.25, -0.2) is 0 Å². The van der Waals surface area contributed by atoms with Crippen molar-refractivity contribution in [2.24, 2.45) is 0 Å². The Kier molecular flexibility index (Phi) is 4.49. The summed E-state index contributed by atoms with van der Waals surface area (Å²) >= 11 is 0.936. The molecule has 5 nitrogen and oxygen atoms in total. The van der Waals surface area contributed by atoms with E-state index in [4.69, 9.17) is 0 Å². The fourth-order valence-electron chi connectivity index (χ4n) is 1.77. The Morgan fingerprint density at radius 2 is 1.86 bits per heavy atom. The Morgan fingerprint density at radius 3 is 2.43 bits per heavy atom. The SMILES string of the molecule is Cc1cccc(SC(=O)c2ccc([N+](=O)[O-])cc2)c1C=O. The standard InChI is InChI=1S/C15H11NO4S/c1-10-3-2-4-14(13(10)9-17)21-15(18)11-5-7-12(8-6-11)16(19)20/h2-9H,1H3. The summed E-state index contributed by atoms with van der Waals surface area (Å²) in [4.78, 5) is 33.9. The number of aryl methyl sites for hydroxylation is 1. The summed E-state index contributed by atoms with van der Waals surface area (Å²) in [6.45, 7) is 1.80. The maximum Gasteiger partial charge on any atom is 0.269 e. The third-order valence-electron chi connectivity index (χ3n) is 2.92. The van der Waals surface area contributed by atoms with Gasteiger partial charge in [-0.15, -0.1) is 0 Å². The van der Waals surface area contributed by atoms with Gasteiger partial charge < -0.3 is 0 Å². The molecule has 2 aromatic carbocycles. The van der Waals surface area contributed by atoms with E-state index in [1.165, 1.54) is 24.3 Å². The van der Waals surface area contributed by atoms with Gasteiger partial charge >= 0.3 is 0 Å². The first-order chi connectivity index (χ1) is 10.0. The van der Waals surface area contributed by atoms with Gasteiger partial charge in [0.15, 0.2) is 6.29 Å². The second-order valence-corrected chi connectivity index (χ2v) is 5.31. The van der Waals surface area contributed by atoms with E-state index in [1.807, 2.05) is 0 Å². The molecular formula is C15H11NO4S. The van der Waals surface area contributed by atoms with Gasteiger partial charge in [0, 0.05) is 28.2 Å². The van der Waals surface area contributed by atoms with Gasteiger partial charge in [-0.05, 0) is 42.4 Å². The summed E-state index contributed by atoms with van der Waals surface area (Å²) in [5.41, 5.74) is 1.56. The van der Waals surface area contributed by atoms with Crippen LogP contribution in [-0.4, -0.2) is 16.3 Å². The number of carbonyl (C=O) groups is 2. The third kappa shape index (κ3) is 3.35. The zero-order valence-electron chi connectivity index (χ0n) is 11.1. The number of nitro benzene ring substituents is 1. The minimum atomic E-state index is -0.521. The van der Waals surface area contributed by atoms with E-state index < -0.39 is 4.92 Å². The van der Waals surface area contributed by atoms with Crippen molar-refractivity contribution in [3.8, 4) is 0 Å². The third-order valence-corrected chi connectivity index (χ3v) is 3.92. The zero-order valence-corrected chi connectivity index (χ0v) is 11.9. The van der Waals surface area contributed by atoms with E-state index in [0.717, 1.165) is 23.6 Å². The average molecular weight is 301 g/mol. The summed E-state index contributed by atoms with van der Waals surface area (Å²) in [6.07, 6.45) is 0.723. The minimum absolute atomic E-state index is 0.0688. The van der Waals surface area contributed by atoms with E-state index in [-0.39, 0.29) is 10.8 Å². The van der Waals surface area contributed by atoms with Crippen molar-refractivity contribution in [2.45, 2.75) is 11.8 Å². The van der Waals surface area contributed by atoms with Gasteiger partial charge in [0.2, 0.25) is 5.12 Å². The normalized spacial score (nSPS) is 10.1. The molecule has 0 aliphatic heterocycles. The van der Waals surface area contributed by atoms with Crippen molar-refractivity contribution in [1.29, 1.82) is 0 Å². The molecule has 0 radical (unpaired) electrons. The second kappa shape index (κ2) is 6.32. The molecule has 0 fully saturated rings. The van der Waals surface area contributed by atoms with Gasteiger partial charge in [0.25, 0.3) is 5.69 Å². The quantitative estimate of drug-likeness (QED) is 0.373. The first kappa shape index (κ1) is 14.9. The number of nitro groups is 1. The Balaban J connectivity index is 2.24. The molecular weight excluding hydrogens is 290 g/mol. The molecule has 2 aromatic rings. The Bertz CT molecular complexity index is 710. The van der Waals surface area contributed by atoms with Crippen LogP contribution >= 0.6 is 11.8 Å². The molecule has 0 aromatic heterocycles. The Labute approximate surface area is 125 Å². The lowest BCUT2D eigenvalue weighted by Gasteiger charge is -2.06. The molecule has 0 atom stereocenters. The van der Waals surface area contributed by atoms with E-state index in [2.05, 4.69) is 0 Å². The van der Waals surface area contributed by atoms with Crippen molar-refractivity contribution in [3.05, 3.63) is 69.3 Å². The molecule has 0 saturated carbocycles. The molecule has 0 saturated heterocycles. The van der Waals surface area contributed by atoms with E-state index in [1.54, 1.807) is 25.1 Å². The highest BCUT2D eigenvalue weighted by molar-refractivity contribution is 8.14. The van der Waals surface area contributed by atoms with Crippen molar-refractivity contribution >= 4 is 28.9 Å². The fraction of sp³-hybridized carbons (Fsp3) is 0.0667. The maximum absolute atomic E-state index is 12.2. The highest BCUT2D eigenvalue weighted by Gasteiger charge is 2.14. The van der Waals surface area contributed by atoms with Crippen LogP contribution in [-0.2, 0) is 0 Å². The van der Waals surface area contributed by atoms with Gasteiger partial charge in [-0.2, -0.15) is 0 Å². The summed E-state index contributed by atoms with van der Waals surface area (Å²) in [5, 5.41) is 10.3. The molecule has 6 heteroatoms. The van der Waals surface area contributed by atoms with Crippen LogP contribution in [0.1, 0.15) is 26.3 Å². The van der Waals surface area contributed by atoms with Gasteiger partial charge in [0.1, 0.15) is 0 Å². The molecule has 2 rings (SSSR count). The molecule has 0 heterocycles. The largest absolute Gasteiger partial charge is 0.298 e. The summed E-state index contributed by atoms with van der Waals surface area (Å²) < 4.78 is 0. The van der Waals surface area contributed by atoms with Crippen molar-refractivity contribution in [3.63, 3.8) is 0 Å². The number of thioether (sulfide) groups is 1. The van der Waals surface area contributed by atoms with Crippen LogP contribution < -0.4 is 0 Å². The molecule has 0 bridgehead atoms. The van der Waals surface area contributed by atoms with E-state index in [9.17, 15) is 19.7 Å². The van der Waals surface area contributed by atoms with Crippen molar-refractivity contribution in [2.75, 3.05) is 0 Å².